The number of Topliss-reactive ketones (excluding diaryl/α,β-unsaturated/α-hetero) is 1. The number of benzene rings is 2. The van der Waals surface area contributed by atoms with Gasteiger partial charge in [0.1, 0.15) is 5.82 Å². The summed E-state index contributed by atoms with van der Waals surface area (Å²) in [7, 11) is 1.46. The molecule has 0 spiro atoms. The second-order valence-corrected chi connectivity index (χ2v) is 10.8. The second-order valence-electron chi connectivity index (χ2n) is 10.8. The fourth-order valence-electron chi connectivity index (χ4n) is 6.30. The molecule has 0 amide bonds. The third-order valence-electron chi connectivity index (χ3n) is 8.27. The van der Waals surface area contributed by atoms with Gasteiger partial charge in [0.15, 0.2) is 17.1 Å². The van der Waals surface area contributed by atoms with Gasteiger partial charge in [-0.2, -0.15) is 0 Å². The van der Waals surface area contributed by atoms with Gasteiger partial charge in [-0.1, -0.05) is 5.16 Å². The maximum Gasteiger partial charge on any atom is 0.334 e. The zero-order chi connectivity index (χ0) is 29.2. The van der Waals surface area contributed by atoms with E-state index in [0.29, 0.717) is 41.7 Å². The van der Waals surface area contributed by atoms with Crippen LogP contribution in [0, 0.1) is 5.82 Å². The van der Waals surface area contributed by atoms with Crippen LogP contribution in [-0.2, 0) is 19.1 Å². The van der Waals surface area contributed by atoms with E-state index < -0.39 is 24.0 Å². The number of aromatic nitrogens is 1. The summed E-state index contributed by atoms with van der Waals surface area (Å²) in [5.74, 6) is -1.56. The number of unbranched alkanes of at least 4 members (excludes halogenated alkanes) is 1. The molecule has 0 saturated carbocycles. The lowest BCUT2D eigenvalue weighted by Crippen LogP contribution is -2.42. The summed E-state index contributed by atoms with van der Waals surface area (Å²) in [4.78, 5) is 38.6. The highest BCUT2D eigenvalue weighted by molar-refractivity contribution is 6.03. The summed E-state index contributed by atoms with van der Waals surface area (Å²) in [5, 5.41) is 5.22. The van der Waals surface area contributed by atoms with Crippen LogP contribution in [0.4, 0.5) is 4.39 Å². The third-order valence-corrected chi connectivity index (χ3v) is 8.27. The van der Waals surface area contributed by atoms with Gasteiger partial charge in [0.2, 0.25) is 5.78 Å². The maximum atomic E-state index is 13.6. The smallest absolute Gasteiger partial charge is 0.334 e. The van der Waals surface area contributed by atoms with Crippen LogP contribution in [-0.4, -0.2) is 66.4 Å². The van der Waals surface area contributed by atoms with Crippen molar-refractivity contribution in [2.45, 2.75) is 62.8 Å². The van der Waals surface area contributed by atoms with E-state index in [1.165, 1.54) is 44.2 Å². The first-order valence-corrected chi connectivity index (χ1v) is 14.1. The molecule has 0 aliphatic carbocycles. The van der Waals surface area contributed by atoms with Crippen LogP contribution >= 0.6 is 0 Å². The summed E-state index contributed by atoms with van der Waals surface area (Å²) >= 11 is 0. The van der Waals surface area contributed by atoms with E-state index in [1.54, 1.807) is 12.1 Å². The number of carbonyl (C=O) groups is 3. The number of ether oxygens (including phenoxy) is 4. The predicted molar refractivity (Wildman–Crippen MR) is 147 cm³/mol. The molecule has 0 radical (unpaired) electrons. The van der Waals surface area contributed by atoms with Gasteiger partial charge < -0.3 is 23.5 Å². The number of halogens is 1. The highest BCUT2D eigenvalue weighted by Crippen LogP contribution is 2.44. The monoisotopic (exact) mass is 578 g/mol. The molecule has 2 aromatic carbocycles. The molecular weight excluding hydrogens is 547 g/mol. The van der Waals surface area contributed by atoms with Crippen molar-refractivity contribution in [1.29, 1.82) is 0 Å². The topological polar surface area (TPSA) is 117 Å². The van der Waals surface area contributed by atoms with Crippen LogP contribution in [0.2, 0.25) is 0 Å². The normalized spacial score (nSPS) is 22.6. The van der Waals surface area contributed by atoms with Gasteiger partial charge in [0, 0.05) is 47.2 Å². The van der Waals surface area contributed by atoms with Gasteiger partial charge >= 0.3 is 18.2 Å². The minimum atomic E-state index is -1.67. The number of rotatable bonds is 10. The van der Waals surface area contributed by atoms with Crippen molar-refractivity contribution in [3.05, 3.63) is 65.6 Å². The Balaban J connectivity index is 0.990. The van der Waals surface area contributed by atoms with Crippen LogP contribution in [0.3, 0.4) is 0 Å². The molecule has 2 saturated heterocycles. The SMILES string of the molecule is COc1cc(C(=O)C2OC(=O)C=CC(=O)O2)ccc1OCCCCN1C2CCC1CC(c1noc3cc(F)ccc13)C2. The Morgan fingerprint density at radius 1 is 1.00 bits per heavy atom. The average Bonchev–Trinajstić information content (AvgIpc) is 3.44. The summed E-state index contributed by atoms with van der Waals surface area (Å²) < 4.78 is 40.1. The molecule has 10 nitrogen and oxygen atoms in total. The minimum Gasteiger partial charge on any atom is -0.493 e. The number of esters is 2. The van der Waals surface area contributed by atoms with Crippen molar-refractivity contribution >= 4 is 28.7 Å². The molecule has 3 aliphatic rings. The molecule has 2 unspecified atom stereocenters. The number of fused-ring (bicyclic) bond motifs is 3. The fraction of sp³-hybridized carbons (Fsp3) is 0.419. The van der Waals surface area contributed by atoms with Crippen LogP contribution < -0.4 is 9.47 Å². The summed E-state index contributed by atoms with van der Waals surface area (Å²) in [6.07, 6.45) is 6.32. The summed E-state index contributed by atoms with van der Waals surface area (Å²) in [6, 6.07) is 10.2. The second kappa shape index (κ2) is 11.9. The number of methoxy groups -OCH3 is 1. The molecule has 2 fully saturated rings. The van der Waals surface area contributed by atoms with Gasteiger partial charge in [-0.25, -0.2) is 14.0 Å². The van der Waals surface area contributed by atoms with E-state index in [9.17, 15) is 18.8 Å². The van der Waals surface area contributed by atoms with Gasteiger partial charge in [0.25, 0.3) is 0 Å². The first-order valence-electron chi connectivity index (χ1n) is 14.1. The molecule has 3 aromatic rings. The van der Waals surface area contributed by atoms with Crippen molar-refractivity contribution in [2.24, 2.45) is 0 Å². The van der Waals surface area contributed by atoms with Crippen LogP contribution in [0.25, 0.3) is 11.0 Å². The van der Waals surface area contributed by atoms with E-state index >= 15 is 0 Å². The molecule has 42 heavy (non-hydrogen) atoms. The van der Waals surface area contributed by atoms with E-state index in [-0.39, 0.29) is 11.4 Å². The Hall–Kier alpha value is -4.25. The van der Waals surface area contributed by atoms with Gasteiger partial charge in [-0.05, 0) is 75.4 Å². The third kappa shape index (κ3) is 5.74. The standard InChI is InChI=1S/C31H31FN2O8/c1-38-26-16-18(30(37)31-40-27(35)10-11-28(36)41-31)4-9-24(26)39-13-3-2-12-34-21-6-7-22(34)15-19(14-21)29-23-8-5-20(32)17-25(23)42-33-29/h4-5,8-11,16-17,19,21-22,31H,2-3,6-7,12-15H2,1H3. The number of carbonyl (C=O) groups excluding carboxylic acids is 3. The molecule has 0 N–H and O–H groups in total. The highest BCUT2D eigenvalue weighted by atomic mass is 19.1. The average molecular weight is 579 g/mol. The molecule has 2 atom stereocenters. The zero-order valence-electron chi connectivity index (χ0n) is 23.1. The Morgan fingerprint density at radius 2 is 1.74 bits per heavy atom. The predicted octanol–water partition coefficient (Wildman–Crippen LogP) is 4.71. The number of hydrogen-bond acceptors (Lipinski definition) is 10. The number of cyclic esters (lactones) is 2. The molecule has 4 heterocycles. The van der Waals surface area contributed by atoms with Crippen LogP contribution in [0.5, 0.6) is 11.5 Å². The van der Waals surface area contributed by atoms with Crippen LogP contribution in [0.15, 0.2) is 53.1 Å². The van der Waals surface area contributed by atoms with E-state index in [4.69, 9.17) is 23.5 Å². The lowest BCUT2D eigenvalue weighted by molar-refractivity contribution is -0.169. The number of nitrogens with zero attached hydrogens (tertiary/aromatic N) is 2. The van der Waals surface area contributed by atoms with E-state index in [0.717, 1.165) is 55.5 Å². The fourth-order valence-corrected chi connectivity index (χ4v) is 6.30. The molecule has 6 rings (SSSR count). The zero-order valence-corrected chi connectivity index (χ0v) is 23.1. The van der Waals surface area contributed by atoms with Crippen molar-refractivity contribution in [3.8, 4) is 11.5 Å². The lowest BCUT2D eigenvalue weighted by atomic mass is 9.86. The number of ketones is 1. The van der Waals surface area contributed by atoms with Crippen molar-refractivity contribution < 1.29 is 42.2 Å². The first kappa shape index (κ1) is 27.9. The lowest BCUT2D eigenvalue weighted by Gasteiger charge is -2.38. The summed E-state index contributed by atoms with van der Waals surface area (Å²) in [5.41, 5.74) is 1.60. The first-order chi connectivity index (χ1) is 20.4. The van der Waals surface area contributed by atoms with Gasteiger partial charge in [-0.3, -0.25) is 9.69 Å². The Kier molecular flexibility index (Phi) is 7.92. The highest BCUT2D eigenvalue weighted by Gasteiger charge is 2.42. The molecule has 11 heteroatoms. The summed E-state index contributed by atoms with van der Waals surface area (Å²) in [6.45, 7) is 1.45. The molecule has 1 aromatic heterocycles. The Labute approximate surface area is 241 Å². The molecule has 220 valence electrons. The van der Waals surface area contributed by atoms with Crippen molar-refractivity contribution in [2.75, 3.05) is 20.3 Å². The minimum absolute atomic E-state index is 0.149. The van der Waals surface area contributed by atoms with Gasteiger partial charge in [0.05, 0.1) is 19.4 Å². The van der Waals surface area contributed by atoms with Crippen LogP contribution in [0.1, 0.15) is 60.5 Å². The Bertz CT molecular complexity index is 1500. The quantitative estimate of drug-likeness (QED) is 0.190. The molecule has 2 bridgehead atoms. The van der Waals surface area contributed by atoms with Crippen molar-refractivity contribution in [1.82, 2.24) is 10.1 Å². The van der Waals surface area contributed by atoms with E-state index in [2.05, 4.69) is 10.1 Å². The maximum absolute atomic E-state index is 13.6. The Morgan fingerprint density at radius 3 is 2.45 bits per heavy atom. The largest absolute Gasteiger partial charge is 0.493 e. The van der Waals surface area contributed by atoms with Gasteiger partial charge in [-0.15, -0.1) is 0 Å². The number of hydrogen-bond donors (Lipinski definition) is 0. The number of piperidine rings is 1. The van der Waals surface area contributed by atoms with Crippen molar-refractivity contribution in [3.63, 3.8) is 0 Å². The van der Waals surface area contributed by atoms with E-state index in [1.807, 2.05) is 0 Å². The molecular formula is C31H31FN2O8. The molecule has 3 aliphatic heterocycles.